The van der Waals surface area contributed by atoms with E-state index in [1.807, 2.05) is 0 Å². The number of halogens is 2. The number of fused-ring (bicyclic) bond motifs is 2. The molecule has 1 heterocycles. The number of aryl methyl sites for hydroxylation is 1. The van der Waals surface area contributed by atoms with E-state index in [9.17, 15) is 4.39 Å². The Morgan fingerprint density at radius 3 is 3.00 bits per heavy atom. The van der Waals surface area contributed by atoms with E-state index in [0.717, 1.165) is 53.6 Å². The second-order valence-corrected chi connectivity index (χ2v) is 5.80. The van der Waals surface area contributed by atoms with Crippen LogP contribution in [0.15, 0.2) is 16.6 Å². The van der Waals surface area contributed by atoms with Crippen LogP contribution >= 0.6 is 15.9 Å². The third-order valence-electron chi connectivity index (χ3n) is 3.62. The van der Waals surface area contributed by atoms with Crippen molar-refractivity contribution in [2.45, 2.75) is 32.6 Å². The second kappa shape index (κ2) is 5.08. The topological polar surface area (TPSA) is 24.9 Å². The van der Waals surface area contributed by atoms with E-state index in [1.165, 1.54) is 11.6 Å². The monoisotopic (exact) mass is 322 g/mol. The Hall–Kier alpha value is -1.16. The number of hydrogen-bond donors (Lipinski definition) is 1. The molecule has 2 aromatic rings. The first-order valence-electron chi connectivity index (χ1n) is 6.75. The molecule has 0 spiro atoms. The Labute approximate surface area is 120 Å². The molecule has 0 bridgehead atoms. The number of hydrogen-bond acceptors (Lipinski definition) is 2. The number of aromatic nitrogens is 1. The zero-order valence-electron chi connectivity index (χ0n) is 10.9. The van der Waals surface area contributed by atoms with Crippen molar-refractivity contribution in [3.63, 3.8) is 0 Å². The van der Waals surface area contributed by atoms with Crippen LogP contribution in [-0.4, -0.2) is 11.5 Å². The molecule has 0 amide bonds. The Kier molecular flexibility index (Phi) is 3.44. The summed E-state index contributed by atoms with van der Waals surface area (Å²) in [7, 11) is 0. The maximum absolute atomic E-state index is 14.2. The zero-order valence-corrected chi connectivity index (χ0v) is 12.5. The predicted octanol–water partition coefficient (Wildman–Crippen LogP) is 4.45. The Balaban J connectivity index is 2.31. The van der Waals surface area contributed by atoms with Crippen molar-refractivity contribution < 1.29 is 4.39 Å². The van der Waals surface area contributed by atoms with Crippen LogP contribution in [0.1, 0.15) is 31.0 Å². The number of pyridine rings is 1. The Bertz CT molecular complexity index is 640. The fourth-order valence-corrected chi connectivity index (χ4v) is 3.16. The maximum Gasteiger partial charge on any atom is 0.134 e. The van der Waals surface area contributed by atoms with Crippen LogP contribution in [0.4, 0.5) is 10.1 Å². The van der Waals surface area contributed by atoms with E-state index in [1.54, 1.807) is 6.07 Å². The SMILES string of the molecule is CCCNc1c2c(nc3c(Br)ccc(F)c13)CCC2. The van der Waals surface area contributed by atoms with Gasteiger partial charge in [-0.2, -0.15) is 0 Å². The average molecular weight is 323 g/mol. The fraction of sp³-hybridized carbons (Fsp3) is 0.400. The van der Waals surface area contributed by atoms with Gasteiger partial charge in [0.25, 0.3) is 0 Å². The van der Waals surface area contributed by atoms with Crippen LogP contribution in [0.2, 0.25) is 0 Å². The summed E-state index contributed by atoms with van der Waals surface area (Å²) in [6.07, 6.45) is 4.12. The van der Waals surface area contributed by atoms with E-state index >= 15 is 0 Å². The van der Waals surface area contributed by atoms with E-state index in [2.05, 4.69) is 33.2 Å². The minimum atomic E-state index is -0.195. The molecule has 1 aliphatic carbocycles. The number of nitrogens with zero attached hydrogens (tertiary/aromatic N) is 1. The summed E-state index contributed by atoms with van der Waals surface area (Å²) in [5.41, 5.74) is 4.02. The van der Waals surface area contributed by atoms with Gasteiger partial charge in [0.2, 0.25) is 0 Å². The predicted molar refractivity (Wildman–Crippen MR) is 80.2 cm³/mol. The molecule has 0 aliphatic heterocycles. The largest absolute Gasteiger partial charge is 0.384 e. The molecule has 1 aromatic carbocycles. The third kappa shape index (κ3) is 2.12. The second-order valence-electron chi connectivity index (χ2n) is 4.95. The quantitative estimate of drug-likeness (QED) is 0.903. The molecule has 0 unspecified atom stereocenters. The summed E-state index contributed by atoms with van der Waals surface area (Å²) >= 11 is 3.48. The molecule has 19 heavy (non-hydrogen) atoms. The first kappa shape index (κ1) is 12.9. The lowest BCUT2D eigenvalue weighted by atomic mass is 10.1. The summed E-state index contributed by atoms with van der Waals surface area (Å²) in [4.78, 5) is 4.66. The molecule has 2 nitrogen and oxygen atoms in total. The number of benzene rings is 1. The first-order chi connectivity index (χ1) is 9.22. The van der Waals surface area contributed by atoms with E-state index < -0.39 is 0 Å². The third-order valence-corrected chi connectivity index (χ3v) is 4.26. The molecule has 0 fully saturated rings. The highest BCUT2D eigenvalue weighted by atomic mass is 79.9. The molecule has 1 aromatic heterocycles. The Morgan fingerprint density at radius 1 is 1.37 bits per heavy atom. The van der Waals surface area contributed by atoms with Crippen molar-refractivity contribution >= 4 is 32.5 Å². The van der Waals surface area contributed by atoms with Crippen LogP contribution in [0.5, 0.6) is 0 Å². The van der Waals surface area contributed by atoms with Gasteiger partial charge in [-0.3, -0.25) is 4.98 Å². The van der Waals surface area contributed by atoms with Crippen molar-refractivity contribution in [2.75, 3.05) is 11.9 Å². The standard InChI is InChI=1S/C15H16BrFN2/c1-2-8-18-14-9-4-3-5-12(9)19-15-10(16)6-7-11(17)13(14)15/h6-7H,2-5,8H2,1H3,(H,18,19). The molecule has 0 atom stereocenters. The number of nitrogens with one attached hydrogen (secondary N) is 1. The first-order valence-corrected chi connectivity index (χ1v) is 7.55. The van der Waals surface area contributed by atoms with Crippen molar-refractivity contribution in [2.24, 2.45) is 0 Å². The van der Waals surface area contributed by atoms with Gasteiger partial charge in [-0.05, 0) is 59.3 Å². The van der Waals surface area contributed by atoms with Crippen LogP contribution in [0.3, 0.4) is 0 Å². The summed E-state index contributed by atoms with van der Waals surface area (Å²) in [5.74, 6) is -0.195. The molecule has 0 saturated heterocycles. The van der Waals surface area contributed by atoms with Gasteiger partial charge in [-0.1, -0.05) is 6.92 Å². The van der Waals surface area contributed by atoms with Crippen molar-refractivity contribution in [1.29, 1.82) is 0 Å². The average Bonchev–Trinajstić information content (AvgIpc) is 2.87. The van der Waals surface area contributed by atoms with Crippen molar-refractivity contribution in [1.82, 2.24) is 4.98 Å². The summed E-state index contributed by atoms with van der Waals surface area (Å²) in [6.45, 7) is 2.97. The van der Waals surface area contributed by atoms with Crippen LogP contribution in [0.25, 0.3) is 10.9 Å². The molecule has 1 aliphatic rings. The highest BCUT2D eigenvalue weighted by Crippen LogP contribution is 2.37. The normalized spacial score (nSPS) is 13.8. The number of rotatable bonds is 3. The summed E-state index contributed by atoms with van der Waals surface area (Å²) < 4.78 is 15.1. The van der Waals surface area contributed by atoms with Gasteiger partial charge in [-0.15, -0.1) is 0 Å². The van der Waals surface area contributed by atoms with Gasteiger partial charge in [0.15, 0.2) is 0 Å². The molecular formula is C15H16BrFN2. The minimum absolute atomic E-state index is 0.195. The van der Waals surface area contributed by atoms with E-state index in [-0.39, 0.29) is 5.82 Å². The summed E-state index contributed by atoms with van der Waals surface area (Å²) in [5, 5.41) is 4.03. The maximum atomic E-state index is 14.2. The highest BCUT2D eigenvalue weighted by molar-refractivity contribution is 9.10. The molecular weight excluding hydrogens is 307 g/mol. The van der Waals surface area contributed by atoms with E-state index in [4.69, 9.17) is 0 Å². The number of anilines is 1. The van der Waals surface area contributed by atoms with Crippen LogP contribution in [-0.2, 0) is 12.8 Å². The van der Waals surface area contributed by atoms with Gasteiger partial charge in [0.1, 0.15) is 5.82 Å². The zero-order chi connectivity index (χ0) is 13.4. The van der Waals surface area contributed by atoms with Gasteiger partial charge < -0.3 is 5.32 Å². The van der Waals surface area contributed by atoms with Gasteiger partial charge in [-0.25, -0.2) is 4.39 Å². The molecule has 0 saturated carbocycles. The van der Waals surface area contributed by atoms with Crippen molar-refractivity contribution in [3.05, 3.63) is 33.7 Å². The lowest BCUT2D eigenvalue weighted by Gasteiger charge is -2.15. The Morgan fingerprint density at radius 2 is 2.21 bits per heavy atom. The van der Waals surface area contributed by atoms with Gasteiger partial charge in [0.05, 0.1) is 16.6 Å². The molecule has 4 heteroatoms. The molecule has 0 radical (unpaired) electrons. The fourth-order valence-electron chi connectivity index (χ4n) is 2.74. The smallest absolute Gasteiger partial charge is 0.134 e. The highest BCUT2D eigenvalue weighted by Gasteiger charge is 2.22. The lowest BCUT2D eigenvalue weighted by Crippen LogP contribution is -2.06. The summed E-state index contributed by atoms with van der Waals surface area (Å²) in [6, 6.07) is 3.24. The lowest BCUT2D eigenvalue weighted by molar-refractivity contribution is 0.639. The molecule has 3 rings (SSSR count). The molecule has 100 valence electrons. The van der Waals surface area contributed by atoms with Gasteiger partial charge >= 0.3 is 0 Å². The minimum Gasteiger partial charge on any atom is -0.384 e. The van der Waals surface area contributed by atoms with Crippen LogP contribution in [0, 0.1) is 5.82 Å². The van der Waals surface area contributed by atoms with E-state index in [0.29, 0.717) is 5.39 Å². The van der Waals surface area contributed by atoms with Crippen LogP contribution < -0.4 is 5.32 Å². The van der Waals surface area contributed by atoms with Gasteiger partial charge in [0, 0.05) is 16.7 Å². The molecule has 1 N–H and O–H groups in total. The van der Waals surface area contributed by atoms with Crippen molar-refractivity contribution in [3.8, 4) is 0 Å².